The number of oxime groups is 1. The van der Waals surface area contributed by atoms with E-state index in [0.717, 1.165) is 0 Å². The normalized spacial score (nSPS) is 16.5. The molecule has 0 aromatic heterocycles. The Kier molecular flexibility index (Phi) is 3.17. The highest BCUT2D eigenvalue weighted by Gasteiger charge is 2.41. The number of nitro groups is 1. The second-order valence-electron chi connectivity index (χ2n) is 3.76. The Morgan fingerprint density at radius 2 is 1.86 bits per heavy atom. The van der Waals surface area contributed by atoms with E-state index in [-0.39, 0.29) is 0 Å². The van der Waals surface area contributed by atoms with Gasteiger partial charge in [-0.25, -0.2) is 4.39 Å². The van der Waals surface area contributed by atoms with Crippen LogP contribution in [-0.2, 0) is 9.59 Å². The highest BCUT2D eigenvalue weighted by atomic mass is 19.2. The van der Waals surface area contributed by atoms with E-state index in [1.807, 2.05) is 0 Å². The number of rotatable bonds is 1. The van der Waals surface area contributed by atoms with Gasteiger partial charge in [0.25, 0.3) is 11.7 Å². The van der Waals surface area contributed by atoms with Gasteiger partial charge in [-0.05, 0) is 0 Å². The Hall–Kier alpha value is -3.24. The number of nitrogens with zero attached hydrogens (tertiary/aromatic N) is 2. The maximum Gasteiger partial charge on any atom is 0.321 e. The van der Waals surface area contributed by atoms with E-state index >= 15 is 0 Å². The number of Topliss-reactive ketones (excluding diaryl/α,β-unsaturated/α-hetero) is 2. The summed E-state index contributed by atoms with van der Waals surface area (Å²) >= 11 is 0. The molecule has 0 saturated carbocycles. The van der Waals surface area contributed by atoms with Crippen molar-refractivity contribution < 1.29 is 33.3 Å². The summed E-state index contributed by atoms with van der Waals surface area (Å²) in [6.07, 6.45) is 0. The van der Waals surface area contributed by atoms with Crippen LogP contribution in [0.25, 0.3) is 0 Å². The molecule has 1 aliphatic rings. The van der Waals surface area contributed by atoms with Gasteiger partial charge in [0.2, 0.25) is 17.3 Å². The number of benzene rings is 1. The van der Waals surface area contributed by atoms with Crippen molar-refractivity contribution in [3.63, 3.8) is 0 Å². The van der Waals surface area contributed by atoms with Gasteiger partial charge in [0, 0.05) is 6.07 Å². The molecule has 0 spiro atoms. The van der Waals surface area contributed by atoms with Gasteiger partial charge in [-0.1, -0.05) is 5.16 Å². The highest BCUT2D eigenvalue weighted by Crippen LogP contribution is 2.33. The van der Waals surface area contributed by atoms with Crippen LogP contribution in [0.15, 0.2) is 11.2 Å². The van der Waals surface area contributed by atoms with Crippen LogP contribution in [0, 0.1) is 21.7 Å². The van der Waals surface area contributed by atoms with Gasteiger partial charge in [-0.3, -0.25) is 24.5 Å². The highest BCUT2D eigenvalue weighted by molar-refractivity contribution is 6.83. The van der Waals surface area contributed by atoms with Gasteiger partial charge in [-0.15, -0.1) is 0 Å². The van der Waals surface area contributed by atoms with Crippen molar-refractivity contribution in [3.8, 4) is 0 Å². The smallest absolute Gasteiger partial charge is 0.321 e. The molecule has 1 aromatic carbocycles. The quantitative estimate of drug-likeness (QED) is 0.333. The number of halogens is 2. The molecule has 0 unspecified atom stereocenters. The van der Waals surface area contributed by atoms with Gasteiger partial charge >= 0.3 is 5.69 Å². The average molecular weight is 299 g/mol. The summed E-state index contributed by atoms with van der Waals surface area (Å²) in [5.41, 5.74) is -4.76. The summed E-state index contributed by atoms with van der Waals surface area (Å²) in [5, 5.41) is 23.4. The van der Waals surface area contributed by atoms with Crippen molar-refractivity contribution in [3.05, 3.63) is 33.4 Å². The number of amides is 1. The van der Waals surface area contributed by atoms with Crippen molar-refractivity contribution in [2.24, 2.45) is 5.16 Å². The van der Waals surface area contributed by atoms with E-state index in [1.165, 1.54) is 0 Å². The van der Waals surface area contributed by atoms with Crippen molar-refractivity contribution in [1.82, 2.24) is 0 Å². The lowest BCUT2D eigenvalue weighted by atomic mass is 10.0. The van der Waals surface area contributed by atoms with Crippen LogP contribution in [0.5, 0.6) is 0 Å². The van der Waals surface area contributed by atoms with E-state index in [9.17, 15) is 33.3 Å². The first-order valence-electron chi connectivity index (χ1n) is 5.08. The van der Waals surface area contributed by atoms with Crippen LogP contribution in [0.2, 0.25) is 0 Å². The van der Waals surface area contributed by atoms with Crippen molar-refractivity contribution in [2.45, 2.75) is 0 Å². The number of hydrogen-bond acceptors (Lipinski definition) is 7. The van der Waals surface area contributed by atoms with Gasteiger partial charge < -0.3 is 10.5 Å². The van der Waals surface area contributed by atoms with Gasteiger partial charge in [0.1, 0.15) is 5.56 Å². The molecule has 0 atom stereocenters. The first-order chi connectivity index (χ1) is 9.79. The van der Waals surface area contributed by atoms with E-state index in [4.69, 9.17) is 5.21 Å². The lowest BCUT2D eigenvalue weighted by molar-refractivity contribution is -0.388. The topological polar surface area (TPSA) is 139 Å². The summed E-state index contributed by atoms with van der Waals surface area (Å²) in [5.74, 6) is -8.43. The molecule has 1 aliphatic heterocycles. The van der Waals surface area contributed by atoms with Gasteiger partial charge in [0.15, 0.2) is 5.82 Å². The van der Waals surface area contributed by atoms with Crippen LogP contribution in [-0.4, -0.2) is 33.3 Å². The van der Waals surface area contributed by atoms with Crippen molar-refractivity contribution in [1.29, 1.82) is 0 Å². The lowest BCUT2D eigenvalue weighted by Gasteiger charge is -2.06. The van der Waals surface area contributed by atoms with E-state index in [1.54, 1.807) is 5.32 Å². The molecule has 2 rings (SSSR count). The summed E-state index contributed by atoms with van der Waals surface area (Å²) in [4.78, 5) is 44.3. The minimum Gasteiger partial charge on any atom is -0.410 e. The summed E-state index contributed by atoms with van der Waals surface area (Å²) in [6, 6.07) is 0.307. The number of fused-ring (bicyclic) bond motifs is 1. The molecular formula is C10H3F2N3O6. The number of hydrogen-bond donors (Lipinski definition) is 2. The molecular weight excluding hydrogens is 296 g/mol. The SMILES string of the molecule is O=C1Nc2cc(F)c(F)c([N+](=O)[O-])c2C(=O)C(=O)C1=NO. The molecule has 108 valence electrons. The zero-order valence-corrected chi connectivity index (χ0v) is 9.72. The Bertz CT molecular complexity index is 758. The van der Waals surface area contributed by atoms with Gasteiger partial charge in [-0.2, -0.15) is 4.39 Å². The fraction of sp³-hybridized carbons (Fsp3) is 0. The molecule has 21 heavy (non-hydrogen) atoms. The third-order valence-corrected chi connectivity index (χ3v) is 2.59. The summed E-state index contributed by atoms with van der Waals surface area (Å²) < 4.78 is 26.8. The number of carbonyl (C=O) groups is 3. The number of nitrogens with one attached hydrogen (secondary N) is 1. The maximum absolute atomic E-state index is 13.5. The Morgan fingerprint density at radius 3 is 2.38 bits per heavy atom. The Morgan fingerprint density at radius 1 is 1.24 bits per heavy atom. The Labute approximate surface area is 113 Å². The molecule has 1 amide bonds. The van der Waals surface area contributed by atoms with Crippen LogP contribution >= 0.6 is 0 Å². The fourth-order valence-electron chi connectivity index (χ4n) is 1.71. The number of nitro benzene ring substituents is 1. The first kappa shape index (κ1) is 14.2. The first-order valence-corrected chi connectivity index (χ1v) is 5.08. The summed E-state index contributed by atoms with van der Waals surface area (Å²) in [7, 11) is 0. The Balaban J connectivity index is 2.87. The molecule has 11 heteroatoms. The molecule has 0 radical (unpaired) electrons. The largest absolute Gasteiger partial charge is 0.410 e. The molecule has 2 N–H and O–H groups in total. The molecule has 0 aliphatic carbocycles. The predicted octanol–water partition coefficient (Wildman–Crippen LogP) is 0.407. The van der Waals surface area contributed by atoms with Crippen molar-refractivity contribution >= 4 is 34.6 Å². The van der Waals surface area contributed by atoms with E-state index in [0.29, 0.717) is 6.07 Å². The number of carbonyl (C=O) groups excluding carboxylic acids is 3. The molecule has 0 bridgehead atoms. The zero-order valence-electron chi connectivity index (χ0n) is 9.72. The lowest BCUT2D eigenvalue weighted by Crippen LogP contribution is -2.31. The molecule has 1 aromatic rings. The predicted molar refractivity (Wildman–Crippen MR) is 60.2 cm³/mol. The van der Waals surface area contributed by atoms with Crippen LogP contribution in [0.3, 0.4) is 0 Å². The summed E-state index contributed by atoms with van der Waals surface area (Å²) in [6.45, 7) is 0. The minimum atomic E-state index is -1.96. The number of ketones is 2. The van der Waals surface area contributed by atoms with Crippen LogP contribution < -0.4 is 5.32 Å². The van der Waals surface area contributed by atoms with Crippen LogP contribution in [0.1, 0.15) is 10.4 Å². The third kappa shape index (κ3) is 2.00. The second kappa shape index (κ2) is 4.70. The van der Waals surface area contributed by atoms with E-state index < -0.39 is 56.7 Å². The fourth-order valence-corrected chi connectivity index (χ4v) is 1.71. The van der Waals surface area contributed by atoms with Gasteiger partial charge in [0.05, 0.1) is 10.6 Å². The van der Waals surface area contributed by atoms with E-state index in [2.05, 4.69) is 5.16 Å². The van der Waals surface area contributed by atoms with Crippen molar-refractivity contribution in [2.75, 3.05) is 5.32 Å². The molecule has 0 saturated heterocycles. The average Bonchev–Trinajstić information content (AvgIpc) is 2.48. The molecule has 0 fully saturated rings. The molecule has 1 heterocycles. The van der Waals surface area contributed by atoms with Crippen LogP contribution in [0.4, 0.5) is 20.2 Å². The second-order valence-corrected chi connectivity index (χ2v) is 3.76. The monoisotopic (exact) mass is 299 g/mol. The number of anilines is 1. The zero-order chi connectivity index (χ0) is 15.9. The standard InChI is InChI=1S/C10H3F2N3O6/c11-2-1-3-4(7(5(2)12)15(20)21)8(16)9(17)6(14-19)10(18)13-3/h1,19H,(H,13,18). The maximum atomic E-state index is 13.5. The third-order valence-electron chi connectivity index (χ3n) is 2.59. The minimum absolute atomic E-state index is 0.307. The molecule has 9 nitrogen and oxygen atoms in total.